The molecule has 1 unspecified atom stereocenters. The standard InChI is InChI=1S/C37H41F5N4O4Si/c1-21(2)51(22(3)4,23(5)6)17-14-25-28(38)13-12-24-10-8-11-26(30(24)25)31-29(46(48)49)18-27-33(32(31)39)43-35(50-20-37(40,41)42)44-34(27)45-16-9-15-36(7,47)19-45/h8,10-13,18,21-23,47H,9,15-16,19-20H2,1-7H3. The molecule has 51 heavy (non-hydrogen) atoms. The van der Waals surface area contributed by atoms with E-state index < -0.39 is 65.8 Å². The normalized spacial score (nSPS) is 17.1. The molecule has 2 heterocycles. The summed E-state index contributed by atoms with van der Waals surface area (Å²) in [4.78, 5) is 21.6. The first-order valence-electron chi connectivity index (χ1n) is 16.9. The number of piperidine rings is 1. The first-order valence-corrected chi connectivity index (χ1v) is 19.1. The van der Waals surface area contributed by atoms with E-state index in [1.54, 1.807) is 19.1 Å². The molecule has 14 heteroatoms. The number of halogens is 5. The van der Waals surface area contributed by atoms with Gasteiger partial charge < -0.3 is 14.7 Å². The van der Waals surface area contributed by atoms with Gasteiger partial charge in [0, 0.05) is 30.1 Å². The van der Waals surface area contributed by atoms with Crippen molar-refractivity contribution < 1.29 is 36.7 Å². The molecule has 0 saturated carbocycles. The lowest BCUT2D eigenvalue weighted by atomic mass is 9.92. The van der Waals surface area contributed by atoms with E-state index in [1.807, 2.05) is 0 Å². The number of hydrogen-bond donors (Lipinski definition) is 1. The molecule has 0 amide bonds. The maximum Gasteiger partial charge on any atom is 0.422 e. The number of anilines is 1. The number of rotatable bonds is 8. The van der Waals surface area contributed by atoms with Gasteiger partial charge in [-0.25, -0.2) is 8.78 Å². The maximum absolute atomic E-state index is 17.1. The average Bonchev–Trinajstić information content (AvgIpc) is 3.03. The number of nitro groups is 1. The van der Waals surface area contributed by atoms with Gasteiger partial charge in [-0.1, -0.05) is 71.7 Å². The topological polar surface area (TPSA) is 102 Å². The lowest BCUT2D eigenvalue weighted by molar-refractivity contribution is -0.384. The summed E-state index contributed by atoms with van der Waals surface area (Å²) in [6.07, 6.45) is -3.89. The summed E-state index contributed by atoms with van der Waals surface area (Å²) in [5, 5.41) is 24.0. The van der Waals surface area contributed by atoms with Gasteiger partial charge in [0.2, 0.25) is 0 Å². The van der Waals surface area contributed by atoms with Crippen LogP contribution >= 0.6 is 0 Å². The van der Waals surface area contributed by atoms with E-state index in [9.17, 15) is 28.4 Å². The van der Waals surface area contributed by atoms with Crippen LogP contribution in [0, 0.1) is 33.2 Å². The number of fused-ring (bicyclic) bond motifs is 2. The molecule has 3 aromatic carbocycles. The zero-order chi connectivity index (χ0) is 37.6. The van der Waals surface area contributed by atoms with Crippen LogP contribution in [0.4, 0.5) is 33.5 Å². The minimum absolute atomic E-state index is 0.0342. The summed E-state index contributed by atoms with van der Waals surface area (Å²) in [5.74, 6) is 1.08. The summed E-state index contributed by atoms with van der Waals surface area (Å²) < 4.78 is 77.5. The molecule has 1 aliphatic rings. The number of alkyl halides is 3. The van der Waals surface area contributed by atoms with Gasteiger partial charge in [0.05, 0.1) is 27.0 Å². The predicted octanol–water partition coefficient (Wildman–Crippen LogP) is 9.50. The Morgan fingerprint density at radius 1 is 1.08 bits per heavy atom. The molecule has 1 N–H and O–H groups in total. The molecule has 8 nitrogen and oxygen atoms in total. The Morgan fingerprint density at radius 3 is 2.33 bits per heavy atom. The monoisotopic (exact) mass is 728 g/mol. The third kappa shape index (κ3) is 7.37. The molecule has 1 saturated heterocycles. The van der Waals surface area contributed by atoms with Gasteiger partial charge >= 0.3 is 12.2 Å². The van der Waals surface area contributed by atoms with Gasteiger partial charge in [-0.3, -0.25) is 10.1 Å². The fourth-order valence-electron chi connectivity index (χ4n) is 7.72. The molecule has 0 bridgehead atoms. The minimum Gasteiger partial charge on any atom is -0.454 e. The van der Waals surface area contributed by atoms with Crippen molar-refractivity contribution in [3.63, 3.8) is 0 Å². The van der Waals surface area contributed by atoms with Crippen LogP contribution in [0.2, 0.25) is 16.6 Å². The number of nitro benzene ring substituents is 1. The van der Waals surface area contributed by atoms with Gasteiger partial charge in [-0.05, 0) is 47.8 Å². The fraction of sp³-hybridized carbons (Fsp3) is 0.459. The van der Waals surface area contributed by atoms with Crippen molar-refractivity contribution in [3.05, 3.63) is 63.7 Å². The van der Waals surface area contributed by atoms with Crippen LogP contribution in [0.3, 0.4) is 0 Å². The fourth-order valence-corrected chi connectivity index (χ4v) is 12.9. The van der Waals surface area contributed by atoms with Crippen molar-refractivity contribution in [2.45, 2.75) is 89.7 Å². The lowest BCUT2D eigenvalue weighted by Gasteiger charge is -2.38. The van der Waals surface area contributed by atoms with Crippen molar-refractivity contribution in [2.75, 3.05) is 24.6 Å². The summed E-state index contributed by atoms with van der Waals surface area (Å²) in [6, 6.07) is 7.64. The molecular weight excluding hydrogens is 688 g/mol. The van der Waals surface area contributed by atoms with Gasteiger partial charge in [0.15, 0.2) is 12.4 Å². The summed E-state index contributed by atoms with van der Waals surface area (Å²) in [5.41, 5.74) is 1.08. The summed E-state index contributed by atoms with van der Waals surface area (Å²) in [7, 11) is -2.40. The number of aromatic nitrogens is 2. The van der Waals surface area contributed by atoms with Crippen molar-refractivity contribution in [3.8, 4) is 28.6 Å². The minimum atomic E-state index is -4.77. The van der Waals surface area contributed by atoms with Gasteiger partial charge in [0.25, 0.3) is 5.69 Å². The van der Waals surface area contributed by atoms with E-state index in [1.165, 1.54) is 23.1 Å². The second-order valence-electron chi connectivity index (χ2n) is 14.5. The van der Waals surface area contributed by atoms with E-state index in [-0.39, 0.29) is 57.4 Å². The highest BCUT2D eigenvalue weighted by Gasteiger charge is 2.42. The first-order chi connectivity index (χ1) is 23.8. The molecule has 0 radical (unpaired) electrons. The number of β-amino-alcohol motifs (C(OH)–C–C–N with tert-alkyl or cyclic N) is 1. The quantitative estimate of drug-likeness (QED) is 0.0634. The van der Waals surface area contributed by atoms with Crippen LogP contribution < -0.4 is 9.64 Å². The number of aliphatic hydroxyl groups is 1. The molecule has 5 rings (SSSR count). The second kappa shape index (κ2) is 14.0. The molecule has 1 fully saturated rings. The molecule has 0 aliphatic carbocycles. The Labute approximate surface area is 294 Å². The molecule has 1 aromatic heterocycles. The van der Waals surface area contributed by atoms with Crippen molar-refractivity contribution in [1.29, 1.82) is 0 Å². The molecular formula is C37H41F5N4O4Si. The molecule has 0 spiro atoms. The van der Waals surface area contributed by atoms with Crippen LogP contribution in [0.25, 0.3) is 32.8 Å². The van der Waals surface area contributed by atoms with Crippen LogP contribution in [-0.4, -0.2) is 59.5 Å². The van der Waals surface area contributed by atoms with Gasteiger partial charge in [-0.2, -0.15) is 23.1 Å². The van der Waals surface area contributed by atoms with E-state index in [0.29, 0.717) is 18.2 Å². The highest BCUT2D eigenvalue weighted by Crippen LogP contribution is 2.45. The zero-order valence-corrected chi connectivity index (χ0v) is 30.6. The van der Waals surface area contributed by atoms with Crippen LogP contribution in [0.15, 0.2) is 36.4 Å². The van der Waals surface area contributed by atoms with E-state index in [0.717, 1.165) is 6.07 Å². The van der Waals surface area contributed by atoms with E-state index in [4.69, 9.17) is 4.74 Å². The highest BCUT2D eigenvalue weighted by atomic mass is 28.3. The van der Waals surface area contributed by atoms with Crippen molar-refractivity contribution in [1.82, 2.24) is 9.97 Å². The second-order valence-corrected chi connectivity index (χ2v) is 20.0. The largest absolute Gasteiger partial charge is 0.454 e. The Hall–Kier alpha value is -4.35. The Bertz CT molecular complexity index is 2040. The van der Waals surface area contributed by atoms with Gasteiger partial charge in [-0.15, -0.1) is 5.54 Å². The smallest absolute Gasteiger partial charge is 0.422 e. The number of benzene rings is 3. The SMILES string of the molecule is CC(C)[Si](C#Cc1c(F)ccc2cccc(-c3c([N+](=O)[O-])cc4c(N5CCCC(C)(O)C5)nc(OCC(F)(F)F)nc4c3F)c12)(C(C)C)C(C)C. The first kappa shape index (κ1) is 37.9. The average molecular weight is 729 g/mol. The molecule has 1 atom stereocenters. The summed E-state index contributed by atoms with van der Waals surface area (Å²) >= 11 is 0. The zero-order valence-electron chi connectivity index (χ0n) is 29.6. The van der Waals surface area contributed by atoms with Crippen molar-refractivity contribution in [2.24, 2.45) is 0 Å². The van der Waals surface area contributed by atoms with Crippen LogP contribution in [0.5, 0.6) is 6.01 Å². The summed E-state index contributed by atoms with van der Waals surface area (Å²) in [6.45, 7) is 12.7. The Balaban J connectivity index is 1.86. The van der Waals surface area contributed by atoms with E-state index in [2.05, 4.69) is 63.0 Å². The molecule has 4 aromatic rings. The third-order valence-electron chi connectivity index (χ3n) is 9.94. The number of nitrogens with zero attached hydrogens (tertiary/aromatic N) is 4. The Morgan fingerprint density at radius 2 is 1.75 bits per heavy atom. The lowest BCUT2D eigenvalue weighted by Crippen LogP contribution is -2.46. The third-order valence-corrected chi connectivity index (χ3v) is 16.2. The predicted molar refractivity (Wildman–Crippen MR) is 191 cm³/mol. The van der Waals surface area contributed by atoms with Crippen LogP contribution in [-0.2, 0) is 0 Å². The molecule has 1 aliphatic heterocycles. The van der Waals surface area contributed by atoms with Crippen molar-refractivity contribution >= 4 is 41.3 Å². The number of hydrogen-bond acceptors (Lipinski definition) is 7. The number of ether oxygens (including phenoxy) is 1. The van der Waals surface area contributed by atoms with E-state index >= 15 is 8.78 Å². The maximum atomic E-state index is 17.1. The van der Waals surface area contributed by atoms with Crippen LogP contribution in [0.1, 0.15) is 66.9 Å². The highest BCUT2D eigenvalue weighted by molar-refractivity contribution is 6.90. The Kier molecular flexibility index (Phi) is 10.4. The van der Waals surface area contributed by atoms with Gasteiger partial charge in [0.1, 0.15) is 25.2 Å². The molecule has 272 valence electrons.